The zero-order valence-corrected chi connectivity index (χ0v) is 21.4. The number of sulfonamides is 1. The van der Waals surface area contributed by atoms with Gasteiger partial charge in [0.15, 0.2) is 11.5 Å². The van der Waals surface area contributed by atoms with E-state index in [1.165, 1.54) is 34.3 Å². The molecule has 0 saturated carbocycles. The highest BCUT2D eigenvalue weighted by molar-refractivity contribution is 7.89. The molecule has 0 radical (unpaired) electrons. The SMILES string of the molecule is CCN(CC)S(=O)(=O)c1cc(C(=O)NNC(=O)c2ccc(OCCC(C)C)c(OC)c2)n(C)c1. The second-order valence-corrected chi connectivity index (χ2v) is 10.0. The van der Waals surface area contributed by atoms with Gasteiger partial charge in [0, 0.05) is 31.9 Å². The fraction of sp³-hybridized carbons (Fsp3) is 0.478. The minimum Gasteiger partial charge on any atom is -0.493 e. The lowest BCUT2D eigenvalue weighted by Gasteiger charge is -2.17. The van der Waals surface area contributed by atoms with E-state index in [1.54, 1.807) is 33.0 Å². The van der Waals surface area contributed by atoms with Crippen LogP contribution in [0.2, 0.25) is 0 Å². The molecule has 10 nitrogen and oxygen atoms in total. The number of nitrogens with zero attached hydrogens (tertiary/aromatic N) is 2. The molecule has 0 aliphatic carbocycles. The van der Waals surface area contributed by atoms with Crippen LogP contribution in [0.25, 0.3) is 0 Å². The third-order valence-corrected chi connectivity index (χ3v) is 7.24. The average molecular weight is 495 g/mol. The number of benzene rings is 1. The van der Waals surface area contributed by atoms with E-state index in [9.17, 15) is 18.0 Å². The van der Waals surface area contributed by atoms with Crippen molar-refractivity contribution in [3.05, 3.63) is 41.7 Å². The maximum Gasteiger partial charge on any atom is 0.286 e. The Morgan fingerprint density at radius 1 is 1.06 bits per heavy atom. The van der Waals surface area contributed by atoms with Crippen LogP contribution in [-0.4, -0.2) is 55.9 Å². The molecule has 188 valence electrons. The average Bonchev–Trinajstić information content (AvgIpc) is 3.20. The fourth-order valence-electron chi connectivity index (χ4n) is 3.20. The molecule has 1 aromatic heterocycles. The summed E-state index contributed by atoms with van der Waals surface area (Å²) < 4.78 is 39.2. The lowest BCUT2D eigenvalue weighted by Crippen LogP contribution is -2.42. The number of carbonyl (C=O) groups is 2. The third kappa shape index (κ3) is 6.51. The van der Waals surface area contributed by atoms with E-state index in [0.717, 1.165) is 6.42 Å². The molecular weight excluding hydrogens is 460 g/mol. The zero-order chi connectivity index (χ0) is 25.5. The summed E-state index contributed by atoms with van der Waals surface area (Å²) in [4.78, 5) is 25.2. The Labute approximate surface area is 201 Å². The van der Waals surface area contributed by atoms with Crippen molar-refractivity contribution in [2.45, 2.75) is 39.0 Å². The van der Waals surface area contributed by atoms with Crippen molar-refractivity contribution in [1.29, 1.82) is 0 Å². The Bertz CT molecular complexity index is 1110. The number of methoxy groups -OCH3 is 1. The van der Waals surface area contributed by atoms with Gasteiger partial charge in [-0.2, -0.15) is 4.31 Å². The highest BCUT2D eigenvalue weighted by atomic mass is 32.2. The number of aromatic nitrogens is 1. The topological polar surface area (TPSA) is 119 Å². The Morgan fingerprint density at radius 2 is 1.71 bits per heavy atom. The lowest BCUT2D eigenvalue weighted by atomic mass is 10.1. The van der Waals surface area contributed by atoms with Gasteiger partial charge in [-0.05, 0) is 36.6 Å². The van der Waals surface area contributed by atoms with Crippen LogP contribution in [0.4, 0.5) is 0 Å². The number of amides is 2. The molecule has 34 heavy (non-hydrogen) atoms. The van der Waals surface area contributed by atoms with Crippen molar-refractivity contribution in [2.24, 2.45) is 13.0 Å². The minimum atomic E-state index is -3.71. The molecule has 0 aliphatic rings. The molecule has 0 bridgehead atoms. The van der Waals surface area contributed by atoms with Gasteiger partial charge in [-0.15, -0.1) is 0 Å². The van der Waals surface area contributed by atoms with Crippen molar-refractivity contribution < 1.29 is 27.5 Å². The Morgan fingerprint density at radius 3 is 2.29 bits per heavy atom. The summed E-state index contributed by atoms with van der Waals surface area (Å²) in [6.45, 7) is 8.84. The Balaban J connectivity index is 2.08. The first-order valence-electron chi connectivity index (χ1n) is 11.1. The molecule has 0 atom stereocenters. The molecule has 0 spiro atoms. The smallest absolute Gasteiger partial charge is 0.286 e. The number of nitrogens with one attached hydrogen (secondary N) is 2. The van der Waals surface area contributed by atoms with E-state index < -0.39 is 21.8 Å². The minimum absolute atomic E-state index is 0.00738. The van der Waals surface area contributed by atoms with E-state index in [0.29, 0.717) is 37.1 Å². The predicted octanol–water partition coefficient (Wildman–Crippen LogP) is 2.56. The first kappa shape index (κ1) is 27.2. The maximum absolute atomic E-state index is 12.7. The van der Waals surface area contributed by atoms with E-state index >= 15 is 0 Å². The van der Waals surface area contributed by atoms with Crippen molar-refractivity contribution in [1.82, 2.24) is 19.7 Å². The van der Waals surface area contributed by atoms with Gasteiger partial charge < -0.3 is 14.0 Å². The molecule has 0 saturated heterocycles. The fourth-order valence-corrected chi connectivity index (χ4v) is 4.73. The second-order valence-electron chi connectivity index (χ2n) is 8.07. The third-order valence-electron chi connectivity index (χ3n) is 5.22. The summed E-state index contributed by atoms with van der Waals surface area (Å²) in [5, 5.41) is 0. The molecule has 11 heteroatoms. The number of hydrogen-bond donors (Lipinski definition) is 2. The molecule has 1 aromatic carbocycles. The Hall–Kier alpha value is -3.05. The van der Waals surface area contributed by atoms with Gasteiger partial charge in [-0.1, -0.05) is 27.7 Å². The standard InChI is InChI=1S/C23H34N4O6S/c1-7-27(8-2)34(30,31)18-14-19(26(5)15-18)23(29)25-24-22(28)17-9-10-20(21(13-17)32-6)33-12-11-16(3)4/h9-10,13-16H,7-8,11-12H2,1-6H3,(H,24,28)(H,25,29). The molecule has 2 amide bonds. The van der Waals surface area contributed by atoms with Gasteiger partial charge >= 0.3 is 0 Å². The van der Waals surface area contributed by atoms with Gasteiger partial charge in [0.2, 0.25) is 10.0 Å². The van der Waals surface area contributed by atoms with Crippen LogP contribution in [0, 0.1) is 5.92 Å². The van der Waals surface area contributed by atoms with Crippen LogP contribution in [0.15, 0.2) is 35.4 Å². The largest absolute Gasteiger partial charge is 0.493 e. The molecule has 0 unspecified atom stereocenters. The normalized spacial score (nSPS) is 11.5. The van der Waals surface area contributed by atoms with Crippen molar-refractivity contribution >= 4 is 21.8 Å². The molecular formula is C23H34N4O6S. The number of rotatable bonds is 11. The number of hydrogen-bond acceptors (Lipinski definition) is 6. The summed E-state index contributed by atoms with van der Waals surface area (Å²) in [6.07, 6.45) is 2.25. The van der Waals surface area contributed by atoms with Gasteiger partial charge in [0.1, 0.15) is 10.6 Å². The lowest BCUT2D eigenvalue weighted by molar-refractivity contribution is 0.0842. The quantitative estimate of drug-likeness (QED) is 0.464. The van der Waals surface area contributed by atoms with E-state index in [4.69, 9.17) is 9.47 Å². The summed E-state index contributed by atoms with van der Waals surface area (Å²) >= 11 is 0. The molecule has 1 heterocycles. The van der Waals surface area contributed by atoms with E-state index in [-0.39, 0.29) is 16.2 Å². The van der Waals surface area contributed by atoms with Gasteiger partial charge in [0.05, 0.1) is 13.7 Å². The highest BCUT2D eigenvalue weighted by Gasteiger charge is 2.25. The van der Waals surface area contributed by atoms with Gasteiger partial charge in [-0.25, -0.2) is 8.42 Å². The number of ether oxygens (including phenoxy) is 2. The van der Waals surface area contributed by atoms with E-state index in [2.05, 4.69) is 24.7 Å². The van der Waals surface area contributed by atoms with Crippen LogP contribution in [0.1, 0.15) is 55.0 Å². The summed E-state index contributed by atoms with van der Waals surface area (Å²) in [5.74, 6) is 0.200. The van der Waals surface area contributed by atoms with Crippen LogP contribution in [0.3, 0.4) is 0 Å². The van der Waals surface area contributed by atoms with Crippen molar-refractivity contribution in [2.75, 3.05) is 26.8 Å². The van der Waals surface area contributed by atoms with Crippen molar-refractivity contribution in [3.8, 4) is 11.5 Å². The van der Waals surface area contributed by atoms with E-state index in [1.807, 2.05) is 0 Å². The highest BCUT2D eigenvalue weighted by Crippen LogP contribution is 2.28. The number of aryl methyl sites for hydroxylation is 1. The number of carbonyl (C=O) groups excluding carboxylic acids is 2. The monoisotopic (exact) mass is 494 g/mol. The Kier molecular flexibility index (Phi) is 9.51. The van der Waals surface area contributed by atoms with Gasteiger partial charge in [-0.3, -0.25) is 20.4 Å². The molecule has 2 N–H and O–H groups in total. The second kappa shape index (κ2) is 11.9. The number of hydrazine groups is 1. The van der Waals surface area contributed by atoms with Crippen LogP contribution < -0.4 is 20.3 Å². The summed E-state index contributed by atoms with van der Waals surface area (Å²) in [6, 6.07) is 5.99. The first-order valence-corrected chi connectivity index (χ1v) is 12.6. The molecule has 0 aliphatic heterocycles. The summed E-state index contributed by atoms with van der Waals surface area (Å²) in [7, 11) is -0.679. The first-order chi connectivity index (χ1) is 16.0. The molecule has 2 rings (SSSR count). The molecule has 0 fully saturated rings. The summed E-state index contributed by atoms with van der Waals surface area (Å²) in [5.41, 5.74) is 4.99. The maximum atomic E-state index is 12.7. The van der Waals surface area contributed by atoms with Gasteiger partial charge in [0.25, 0.3) is 11.8 Å². The van der Waals surface area contributed by atoms with Crippen LogP contribution >= 0.6 is 0 Å². The molecule has 2 aromatic rings. The van der Waals surface area contributed by atoms with Crippen molar-refractivity contribution in [3.63, 3.8) is 0 Å². The zero-order valence-electron chi connectivity index (χ0n) is 20.5. The van der Waals surface area contributed by atoms with Crippen LogP contribution in [0.5, 0.6) is 11.5 Å². The van der Waals surface area contributed by atoms with Crippen LogP contribution in [-0.2, 0) is 17.1 Å². The predicted molar refractivity (Wildman–Crippen MR) is 128 cm³/mol.